The zero-order valence-electron chi connectivity index (χ0n) is 13.3. The average molecular weight is 341 g/mol. The van der Waals surface area contributed by atoms with E-state index in [1.54, 1.807) is 4.90 Å². The Morgan fingerprint density at radius 3 is 2.83 bits per heavy atom. The molecule has 2 saturated heterocycles. The minimum absolute atomic E-state index is 0.0285. The number of sulfonamides is 1. The van der Waals surface area contributed by atoms with Gasteiger partial charge in [-0.1, -0.05) is 0 Å². The van der Waals surface area contributed by atoms with E-state index >= 15 is 0 Å². The number of nitrogens with zero attached hydrogens (tertiary/aromatic N) is 2. The van der Waals surface area contributed by atoms with Crippen LogP contribution in [0.3, 0.4) is 0 Å². The molecule has 2 aliphatic rings. The smallest absolute Gasteiger partial charge is 0.318 e. The highest BCUT2D eigenvalue weighted by atomic mass is 32.2. The molecule has 0 aromatic carbocycles. The van der Waals surface area contributed by atoms with E-state index in [0.717, 1.165) is 24.4 Å². The Bertz CT molecular complexity index is 670. The second-order valence-electron chi connectivity index (χ2n) is 6.10. The van der Waals surface area contributed by atoms with Crippen LogP contribution >= 0.6 is 0 Å². The van der Waals surface area contributed by atoms with E-state index in [1.807, 2.05) is 19.1 Å². The van der Waals surface area contributed by atoms with E-state index in [9.17, 15) is 13.2 Å². The molecule has 0 radical (unpaired) electrons. The number of nitrogens with one attached hydrogen (secondary N) is 1. The Morgan fingerprint density at radius 2 is 2.17 bits per heavy atom. The van der Waals surface area contributed by atoms with E-state index in [4.69, 9.17) is 4.42 Å². The lowest BCUT2D eigenvalue weighted by molar-refractivity contribution is 0.185. The molecule has 8 heteroatoms. The maximum absolute atomic E-state index is 12.4. The number of amides is 2. The van der Waals surface area contributed by atoms with Crippen LogP contribution in [-0.2, 0) is 10.0 Å². The molecular formula is C15H23N3O4S. The first-order valence-electron chi connectivity index (χ1n) is 8.06. The third kappa shape index (κ3) is 3.53. The summed E-state index contributed by atoms with van der Waals surface area (Å²) in [6, 6.07) is 3.64. The van der Waals surface area contributed by atoms with E-state index in [0.29, 0.717) is 32.6 Å². The van der Waals surface area contributed by atoms with Crippen LogP contribution in [0.1, 0.15) is 36.8 Å². The highest BCUT2D eigenvalue weighted by Crippen LogP contribution is 2.32. The van der Waals surface area contributed by atoms with Crippen LogP contribution in [0, 0.1) is 6.92 Å². The zero-order valence-corrected chi connectivity index (χ0v) is 14.1. The van der Waals surface area contributed by atoms with Gasteiger partial charge in [-0.3, -0.25) is 0 Å². The lowest BCUT2D eigenvalue weighted by atomic mass is 10.2. The molecular weight excluding hydrogens is 318 g/mol. The summed E-state index contributed by atoms with van der Waals surface area (Å²) in [4.78, 5) is 14.2. The zero-order chi connectivity index (χ0) is 16.4. The Morgan fingerprint density at radius 1 is 1.35 bits per heavy atom. The number of urea groups is 1. The summed E-state index contributed by atoms with van der Waals surface area (Å²) in [5, 5.41) is 2.84. The van der Waals surface area contributed by atoms with Crippen molar-refractivity contribution in [2.24, 2.45) is 0 Å². The van der Waals surface area contributed by atoms with Crippen LogP contribution < -0.4 is 5.32 Å². The molecule has 23 heavy (non-hydrogen) atoms. The van der Waals surface area contributed by atoms with Gasteiger partial charge in [-0.2, -0.15) is 0 Å². The van der Waals surface area contributed by atoms with Crippen molar-refractivity contribution in [3.05, 3.63) is 23.7 Å². The van der Waals surface area contributed by atoms with Crippen LogP contribution in [0.2, 0.25) is 0 Å². The molecule has 2 fully saturated rings. The second kappa shape index (κ2) is 6.52. The standard InChI is InChI=1S/C15H23N3O4S/c1-12-5-6-14(22-12)13-4-2-9-18(13)15(19)16-7-10-17-8-3-11-23(17,20)21/h5-6,13H,2-4,7-11H2,1H3,(H,16,19)/t13-/m0/s1. The molecule has 0 unspecified atom stereocenters. The molecule has 3 rings (SSSR count). The molecule has 7 nitrogen and oxygen atoms in total. The van der Waals surface area contributed by atoms with E-state index in [1.165, 1.54) is 4.31 Å². The van der Waals surface area contributed by atoms with Crippen LogP contribution in [0.5, 0.6) is 0 Å². The molecule has 1 atom stereocenters. The summed E-state index contributed by atoms with van der Waals surface area (Å²) in [7, 11) is -3.10. The van der Waals surface area contributed by atoms with Crippen molar-refractivity contribution in [1.82, 2.24) is 14.5 Å². The highest BCUT2D eigenvalue weighted by molar-refractivity contribution is 7.89. The molecule has 3 heterocycles. The second-order valence-corrected chi connectivity index (χ2v) is 8.19. The third-order valence-corrected chi connectivity index (χ3v) is 6.40. The Labute approximate surface area is 136 Å². The highest BCUT2D eigenvalue weighted by Gasteiger charge is 2.32. The summed E-state index contributed by atoms with van der Waals surface area (Å²) < 4.78 is 30.5. The maximum Gasteiger partial charge on any atom is 0.318 e. The van der Waals surface area contributed by atoms with Gasteiger partial charge in [0.05, 0.1) is 11.8 Å². The van der Waals surface area contributed by atoms with Gasteiger partial charge in [-0.05, 0) is 38.3 Å². The molecule has 0 spiro atoms. The van der Waals surface area contributed by atoms with E-state index < -0.39 is 10.0 Å². The van der Waals surface area contributed by atoms with Gasteiger partial charge in [-0.25, -0.2) is 17.5 Å². The van der Waals surface area contributed by atoms with Crippen molar-refractivity contribution in [2.75, 3.05) is 31.9 Å². The minimum Gasteiger partial charge on any atom is -0.464 e. The summed E-state index contributed by atoms with van der Waals surface area (Å²) in [5.74, 6) is 1.87. The fourth-order valence-electron chi connectivity index (χ4n) is 3.27. The fraction of sp³-hybridized carbons (Fsp3) is 0.667. The predicted octanol–water partition coefficient (Wildman–Crippen LogP) is 1.47. The molecule has 1 aromatic heterocycles. The van der Waals surface area contributed by atoms with Gasteiger partial charge in [0, 0.05) is 26.2 Å². The lowest BCUT2D eigenvalue weighted by Crippen LogP contribution is -2.43. The van der Waals surface area contributed by atoms with Crippen molar-refractivity contribution in [3.63, 3.8) is 0 Å². The maximum atomic E-state index is 12.4. The van der Waals surface area contributed by atoms with Gasteiger partial charge in [0.15, 0.2) is 0 Å². The first kappa shape index (κ1) is 16.3. The number of aryl methyl sites for hydroxylation is 1. The van der Waals surface area contributed by atoms with Gasteiger partial charge in [-0.15, -0.1) is 0 Å². The number of likely N-dealkylation sites (tertiary alicyclic amines) is 1. The summed E-state index contributed by atoms with van der Waals surface area (Å²) in [6.45, 7) is 3.80. The van der Waals surface area contributed by atoms with Crippen molar-refractivity contribution >= 4 is 16.1 Å². The van der Waals surface area contributed by atoms with Gasteiger partial charge >= 0.3 is 6.03 Å². The predicted molar refractivity (Wildman–Crippen MR) is 85.5 cm³/mol. The van der Waals surface area contributed by atoms with Crippen molar-refractivity contribution in [2.45, 2.75) is 32.2 Å². The minimum atomic E-state index is -3.10. The number of furan rings is 1. The normalized spacial score (nSPS) is 24.2. The number of rotatable bonds is 4. The molecule has 1 aromatic rings. The van der Waals surface area contributed by atoms with Gasteiger partial charge < -0.3 is 14.6 Å². The molecule has 0 aliphatic carbocycles. The largest absolute Gasteiger partial charge is 0.464 e. The van der Waals surface area contributed by atoms with Crippen LogP contribution in [0.4, 0.5) is 4.79 Å². The Hall–Kier alpha value is -1.54. The molecule has 2 amide bonds. The SMILES string of the molecule is Cc1ccc([C@@H]2CCCN2C(=O)NCCN2CCCS2(=O)=O)o1. The van der Waals surface area contributed by atoms with Crippen molar-refractivity contribution in [1.29, 1.82) is 0 Å². The molecule has 0 saturated carbocycles. The van der Waals surface area contributed by atoms with Crippen LogP contribution in [0.15, 0.2) is 16.5 Å². The molecule has 1 N–H and O–H groups in total. The van der Waals surface area contributed by atoms with Gasteiger partial charge in [0.1, 0.15) is 11.5 Å². The summed E-state index contributed by atoms with van der Waals surface area (Å²) in [5.41, 5.74) is 0. The quantitative estimate of drug-likeness (QED) is 0.899. The Kier molecular flexibility index (Phi) is 4.63. The monoisotopic (exact) mass is 341 g/mol. The number of carbonyl (C=O) groups is 1. The van der Waals surface area contributed by atoms with E-state index in [2.05, 4.69) is 5.32 Å². The molecule has 0 bridgehead atoms. The number of carbonyl (C=O) groups excluding carboxylic acids is 1. The number of hydrogen-bond acceptors (Lipinski definition) is 4. The van der Waals surface area contributed by atoms with Crippen LogP contribution in [-0.4, -0.2) is 55.6 Å². The number of hydrogen-bond donors (Lipinski definition) is 1. The average Bonchev–Trinajstić information content (AvgIpc) is 3.19. The van der Waals surface area contributed by atoms with E-state index in [-0.39, 0.29) is 17.8 Å². The Balaban J connectivity index is 1.53. The third-order valence-electron chi connectivity index (χ3n) is 4.44. The lowest BCUT2D eigenvalue weighted by Gasteiger charge is -2.24. The molecule has 128 valence electrons. The summed E-state index contributed by atoms with van der Waals surface area (Å²) in [6.07, 6.45) is 2.50. The van der Waals surface area contributed by atoms with Gasteiger partial charge in [0.25, 0.3) is 0 Å². The van der Waals surface area contributed by atoms with Crippen molar-refractivity contribution < 1.29 is 17.6 Å². The fourth-order valence-corrected chi connectivity index (χ4v) is 4.80. The van der Waals surface area contributed by atoms with Gasteiger partial charge in [0.2, 0.25) is 10.0 Å². The topological polar surface area (TPSA) is 82.9 Å². The first-order chi connectivity index (χ1) is 11.0. The summed E-state index contributed by atoms with van der Waals surface area (Å²) >= 11 is 0. The first-order valence-corrected chi connectivity index (χ1v) is 9.67. The van der Waals surface area contributed by atoms with Crippen LogP contribution in [0.25, 0.3) is 0 Å². The van der Waals surface area contributed by atoms with Crippen molar-refractivity contribution in [3.8, 4) is 0 Å². The molecule has 2 aliphatic heterocycles.